The molecule has 4 aromatic rings. The standard InChI is InChI=1S/C17H13ClN4S2/c18-13-8-6-12(7-9-13)10-16-21-22-15(19-20-17(22)24-16)11-23-14-4-2-1-3-5-14/h1-9H,10-11H2. The number of halogens is 1. The summed E-state index contributed by atoms with van der Waals surface area (Å²) in [5.41, 5.74) is 1.18. The van der Waals surface area contributed by atoms with Crippen LogP contribution >= 0.6 is 34.7 Å². The van der Waals surface area contributed by atoms with E-state index < -0.39 is 0 Å². The van der Waals surface area contributed by atoms with Crippen molar-refractivity contribution in [2.24, 2.45) is 0 Å². The molecule has 0 aliphatic rings. The molecule has 0 bridgehead atoms. The lowest BCUT2D eigenvalue weighted by atomic mass is 10.2. The summed E-state index contributed by atoms with van der Waals surface area (Å²) < 4.78 is 1.85. The zero-order valence-corrected chi connectivity index (χ0v) is 15.0. The highest BCUT2D eigenvalue weighted by atomic mass is 35.5. The summed E-state index contributed by atoms with van der Waals surface area (Å²) in [5.74, 6) is 1.62. The van der Waals surface area contributed by atoms with Crippen molar-refractivity contribution in [2.75, 3.05) is 0 Å². The first-order valence-corrected chi connectivity index (χ1v) is 9.58. The summed E-state index contributed by atoms with van der Waals surface area (Å²) in [7, 11) is 0. The van der Waals surface area contributed by atoms with Gasteiger partial charge in [-0.15, -0.1) is 22.0 Å². The van der Waals surface area contributed by atoms with E-state index >= 15 is 0 Å². The Balaban J connectivity index is 1.51. The predicted octanol–water partition coefficient (Wildman–Crippen LogP) is 4.72. The molecule has 0 radical (unpaired) electrons. The third kappa shape index (κ3) is 3.45. The van der Waals surface area contributed by atoms with Gasteiger partial charge >= 0.3 is 0 Å². The molecule has 4 nitrogen and oxygen atoms in total. The predicted molar refractivity (Wildman–Crippen MR) is 98.9 cm³/mol. The van der Waals surface area contributed by atoms with Gasteiger partial charge in [0, 0.05) is 16.3 Å². The van der Waals surface area contributed by atoms with Crippen LogP contribution in [0.2, 0.25) is 5.02 Å². The molecule has 0 N–H and O–H groups in total. The van der Waals surface area contributed by atoms with Gasteiger partial charge < -0.3 is 0 Å². The van der Waals surface area contributed by atoms with E-state index in [-0.39, 0.29) is 0 Å². The van der Waals surface area contributed by atoms with Gasteiger partial charge in [-0.2, -0.15) is 9.61 Å². The third-order valence-electron chi connectivity index (χ3n) is 3.48. The number of aromatic nitrogens is 4. The van der Waals surface area contributed by atoms with E-state index in [9.17, 15) is 0 Å². The first kappa shape index (κ1) is 15.6. The van der Waals surface area contributed by atoms with Crippen LogP contribution in [0.1, 0.15) is 16.4 Å². The van der Waals surface area contributed by atoms with E-state index in [4.69, 9.17) is 11.6 Å². The molecule has 2 heterocycles. The summed E-state index contributed by atoms with van der Waals surface area (Å²) in [6.45, 7) is 0. The van der Waals surface area contributed by atoms with Gasteiger partial charge in [0.1, 0.15) is 5.01 Å². The third-order valence-corrected chi connectivity index (χ3v) is 5.64. The van der Waals surface area contributed by atoms with Crippen molar-refractivity contribution in [2.45, 2.75) is 17.1 Å². The molecule has 0 spiro atoms. The fourth-order valence-electron chi connectivity index (χ4n) is 2.30. The van der Waals surface area contributed by atoms with Crippen LogP contribution in [0.3, 0.4) is 0 Å². The van der Waals surface area contributed by atoms with Crippen molar-refractivity contribution in [1.29, 1.82) is 0 Å². The minimum Gasteiger partial charge on any atom is -0.186 e. The molecule has 0 unspecified atom stereocenters. The van der Waals surface area contributed by atoms with Gasteiger partial charge in [0.25, 0.3) is 0 Å². The largest absolute Gasteiger partial charge is 0.234 e. The van der Waals surface area contributed by atoms with E-state index in [2.05, 4.69) is 27.4 Å². The molecule has 4 rings (SSSR count). The van der Waals surface area contributed by atoms with Crippen molar-refractivity contribution >= 4 is 39.7 Å². The Bertz CT molecular complexity index is 948. The molecule has 7 heteroatoms. The molecule has 24 heavy (non-hydrogen) atoms. The Morgan fingerprint density at radius 1 is 1.00 bits per heavy atom. The second kappa shape index (κ2) is 6.93. The highest BCUT2D eigenvalue weighted by Crippen LogP contribution is 2.24. The van der Waals surface area contributed by atoms with Crippen LogP contribution in [-0.4, -0.2) is 19.8 Å². The van der Waals surface area contributed by atoms with E-state index in [1.54, 1.807) is 23.1 Å². The molecule has 0 fully saturated rings. The Morgan fingerprint density at radius 2 is 1.79 bits per heavy atom. The molecule has 0 amide bonds. The average Bonchev–Trinajstić information content (AvgIpc) is 3.16. The fraction of sp³-hybridized carbons (Fsp3) is 0.118. The van der Waals surface area contributed by atoms with Crippen LogP contribution in [0.5, 0.6) is 0 Å². The van der Waals surface area contributed by atoms with Gasteiger partial charge in [0.15, 0.2) is 5.82 Å². The van der Waals surface area contributed by atoms with Crippen molar-refractivity contribution in [3.8, 4) is 0 Å². The molecule has 2 aromatic heterocycles. The Kier molecular flexibility index (Phi) is 4.51. The van der Waals surface area contributed by atoms with Crippen molar-refractivity contribution in [3.05, 3.63) is 76.0 Å². The van der Waals surface area contributed by atoms with Gasteiger partial charge in [-0.05, 0) is 29.8 Å². The topological polar surface area (TPSA) is 43.1 Å². The lowest BCUT2D eigenvalue weighted by Crippen LogP contribution is -1.96. The number of fused-ring (bicyclic) bond motifs is 1. The van der Waals surface area contributed by atoms with Gasteiger partial charge in [-0.25, -0.2) is 0 Å². The van der Waals surface area contributed by atoms with E-state index in [0.29, 0.717) is 0 Å². The van der Waals surface area contributed by atoms with Gasteiger partial charge in [-0.1, -0.05) is 53.3 Å². The number of hydrogen-bond acceptors (Lipinski definition) is 5. The SMILES string of the molecule is Clc1ccc(Cc2nn3c(CSc4ccccc4)nnc3s2)cc1. The number of rotatable bonds is 5. The molecule has 0 aliphatic heterocycles. The molecule has 2 aromatic carbocycles. The first-order chi connectivity index (χ1) is 11.8. The van der Waals surface area contributed by atoms with Gasteiger partial charge in [0.2, 0.25) is 4.96 Å². The second-order valence-corrected chi connectivity index (χ2v) is 7.74. The molecule has 0 saturated carbocycles. The van der Waals surface area contributed by atoms with Crippen molar-refractivity contribution in [1.82, 2.24) is 19.8 Å². The summed E-state index contributed by atoms with van der Waals surface area (Å²) in [6, 6.07) is 18.1. The van der Waals surface area contributed by atoms with Gasteiger partial charge in [-0.3, -0.25) is 0 Å². The zero-order chi connectivity index (χ0) is 16.4. The molecule has 0 atom stereocenters. The highest BCUT2D eigenvalue weighted by Gasteiger charge is 2.12. The maximum Gasteiger partial charge on any atom is 0.234 e. The lowest BCUT2D eigenvalue weighted by molar-refractivity contribution is 0.856. The van der Waals surface area contributed by atoms with Crippen LogP contribution in [0.25, 0.3) is 4.96 Å². The van der Waals surface area contributed by atoms with Crippen molar-refractivity contribution < 1.29 is 0 Å². The summed E-state index contributed by atoms with van der Waals surface area (Å²) >= 11 is 9.24. The van der Waals surface area contributed by atoms with Crippen molar-refractivity contribution in [3.63, 3.8) is 0 Å². The van der Waals surface area contributed by atoms with Gasteiger partial charge in [0.05, 0.1) is 5.75 Å². The Labute approximate surface area is 152 Å². The number of thioether (sulfide) groups is 1. The quantitative estimate of drug-likeness (QED) is 0.475. The molecule has 120 valence electrons. The number of nitrogens with zero attached hydrogens (tertiary/aromatic N) is 4. The van der Waals surface area contributed by atoms with Crippen LogP contribution < -0.4 is 0 Å². The molecule has 0 aliphatic carbocycles. The smallest absolute Gasteiger partial charge is 0.186 e. The summed E-state index contributed by atoms with van der Waals surface area (Å²) in [4.78, 5) is 2.05. The number of benzene rings is 2. The Morgan fingerprint density at radius 3 is 2.58 bits per heavy atom. The molecular weight excluding hydrogens is 360 g/mol. The normalized spacial score (nSPS) is 11.2. The molecular formula is C17H13ClN4S2. The Hall–Kier alpha value is -1.89. The second-order valence-electron chi connectivity index (χ2n) is 5.21. The number of hydrogen-bond donors (Lipinski definition) is 0. The van der Waals surface area contributed by atoms with Crippen LogP contribution in [0.15, 0.2) is 59.5 Å². The monoisotopic (exact) mass is 372 g/mol. The summed E-state index contributed by atoms with van der Waals surface area (Å²) in [5, 5.41) is 14.9. The van der Waals surface area contributed by atoms with Crippen LogP contribution in [-0.2, 0) is 12.2 Å². The lowest BCUT2D eigenvalue weighted by Gasteiger charge is -1.99. The van der Waals surface area contributed by atoms with E-state index in [0.717, 1.165) is 33.0 Å². The fourth-order valence-corrected chi connectivity index (χ4v) is 4.14. The zero-order valence-electron chi connectivity index (χ0n) is 12.6. The van der Waals surface area contributed by atoms with Crippen LogP contribution in [0, 0.1) is 0 Å². The first-order valence-electron chi connectivity index (χ1n) is 7.40. The maximum atomic E-state index is 5.93. The molecule has 0 saturated heterocycles. The minimum atomic E-state index is 0.745. The van der Waals surface area contributed by atoms with E-state index in [1.807, 2.05) is 47.0 Å². The average molecular weight is 373 g/mol. The van der Waals surface area contributed by atoms with E-state index in [1.165, 1.54) is 10.5 Å². The highest BCUT2D eigenvalue weighted by molar-refractivity contribution is 7.98. The summed E-state index contributed by atoms with van der Waals surface area (Å²) in [6.07, 6.45) is 0.774. The minimum absolute atomic E-state index is 0.745. The van der Waals surface area contributed by atoms with Crippen LogP contribution in [0.4, 0.5) is 0 Å². The maximum absolute atomic E-state index is 5.93.